The van der Waals surface area contributed by atoms with Crippen LogP contribution in [0.1, 0.15) is 30.4 Å². The molecule has 0 bridgehead atoms. The second-order valence-corrected chi connectivity index (χ2v) is 4.91. The lowest BCUT2D eigenvalue weighted by Crippen LogP contribution is -2.14. The topological polar surface area (TPSA) is 12.0 Å². The van der Waals surface area contributed by atoms with Gasteiger partial charge in [0.05, 0.1) is 0 Å². The van der Waals surface area contributed by atoms with E-state index in [1.54, 1.807) is 12.1 Å². The van der Waals surface area contributed by atoms with Crippen molar-refractivity contribution in [2.75, 3.05) is 18.6 Å². The van der Waals surface area contributed by atoms with E-state index in [2.05, 4.69) is 11.6 Å². The molecule has 0 saturated carbocycles. The Morgan fingerprint density at radius 3 is 2.82 bits per heavy atom. The molecule has 1 rings (SSSR count). The maximum absolute atomic E-state index is 12.5. The van der Waals surface area contributed by atoms with Crippen molar-refractivity contribution < 1.29 is 8.78 Å². The van der Waals surface area contributed by atoms with Crippen LogP contribution in [0.2, 0.25) is 0 Å². The van der Waals surface area contributed by atoms with Crippen molar-refractivity contribution in [2.45, 2.75) is 25.8 Å². The average molecular weight is 259 g/mol. The van der Waals surface area contributed by atoms with E-state index in [4.69, 9.17) is 0 Å². The molecule has 1 aromatic carbocycles. The monoisotopic (exact) mass is 259 g/mol. The Hall–Kier alpha value is -0.610. The van der Waals surface area contributed by atoms with Crippen molar-refractivity contribution in [3.8, 4) is 0 Å². The molecule has 0 fully saturated rings. The van der Waals surface area contributed by atoms with E-state index in [9.17, 15) is 8.78 Å². The number of hydrogen-bond acceptors (Lipinski definition) is 2. The van der Waals surface area contributed by atoms with Gasteiger partial charge in [-0.2, -0.15) is 11.8 Å². The third-order valence-corrected chi connectivity index (χ3v) is 3.18. The molecule has 0 aliphatic rings. The zero-order chi connectivity index (χ0) is 12.5. The normalized spacial score (nSPS) is 11.1. The van der Waals surface area contributed by atoms with Gasteiger partial charge in [-0.25, -0.2) is 8.78 Å². The molecule has 96 valence electrons. The molecule has 4 heteroatoms. The third kappa shape index (κ3) is 6.03. The quantitative estimate of drug-likeness (QED) is 0.712. The summed E-state index contributed by atoms with van der Waals surface area (Å²) in [6, 6.07) is 6.60. The SMILES string of the molecule is CSCCCCNCc1cccc(C(F)F)c1. The predicted molar refractivity (Wildman–Crippen MR) is 70.7 cm³/mol. The Kier molecular flexibility index (Phi) is 7.21. The van der Waals surface area contributed by atoms with E-state index < -0.39 is 6.43 Å². The van der Waals surface area contributed by atoms with Gasteiger partial charge >= 0.3 is 0 Å². The Labute approximate surface area is 106 Å². The highest BCUT2D eigenvalue weighted by molar-refractivity contribution is 7.98. The average Bonchev–Trinajstić information content (AvgIpc) is 2.34. The molecular weight excluding hydrogens is 240 g/mol. The van der Waals surface area contributed by atoms with Gasteiger partial charge in [0.15, 0.2) is 0 Å². The van der Waals surface area contributed by atoms with Gasteiger partial charge in [-0.3, -0.25) is 0 Å². The molecule has 1 aromatic rings. The summed E-state index contributed by atoms with van der Waals surface area (Å²) in [5.74, 6) is 1.18. The van der Waals surface area contributed by atoms with E-state index in [0.29, 0.717) is 6.54 Å². The smallest absolute Gasteiger partial charge is 0.263 e. The molecule has 0 radical (unpaired) electrons. The van der Waals surface area contributed by atoms with Gasteiger partial charge in [0, 0.05) is 12.1 Å². The molecule has 0 unspecified atom stereocenters. The van der Waals surface area contributed by atoms with Crippen LogP contribution in [0.3, 0.4) is 0 Å². The molecule has 17 heavy (non-hydrogen) atoms. The van der Waals surface area contributed by atoms with Crippen molar-refractivity contribution in [2.24, 2.45) is 0 Å². The highest BCUT2D eigenvalue weighted by Gasteiger charge is 2.06. The van der Waals surface area contributed by atoms with Crippen LogP contribution in [-0.2, 0) is 6.54 Å². The summed E-state index contributed by atoms with van der Waals surface area (Å²) in [7, 11) is 0. The summed E-state index contributed by atoms with van der Waals surface area (Å²) < 4.78 is 24.9. The van der Waals surface area contributed by atoms with Crippen molar-refractivity contribution >= 4 is 11.8 Å². The molecule has 0 spiro atoms. The van der Waals surface area contributed by atoms with Crippen molar-refractivity contribution in [3.05, 3.63) is 35.4 Å². The second-order valence-electron chi connectivity index (χ2n) is 3.92. The van der Waals surface area contributed by atoms with Crippen LogP contribution in [0.25, 0.3) is 0 Å². The molecule has 0 atom stereocenters. The largest absolute Gasteiger partial charge is 0.313 e. The van der Waals surface area contributed by atoms with Crippen LogP contribution in [0.15, 0.2) is 24.3 Å². The van der Waals surface area contributed by atoms with Gasteiger partial charge in [0.1, 0.15) is 0 Å². The van der Waals surface area contributed by atoms with E-state index in [-0.39, 0.29) is 5.56 Å². The summed E-state index contributed by atoms with van der Waals surface area (Å²) in [5.41, 5.74) is 1.03. The third-order valence-electron chi connectivity index (χ3n) is 2.48. The predicted octanol–water partition coefficient (Wildman–Crippen LogP) is 3.86. The highest BCUT2D eigenvalue weighted by atomic mass is 32.2. The van der Waals surface area contributed by atoms with Crippen LogP contribution in [0.4, 0.5) is 8.78 Å². The van der Waals surface area contributed by atoms with Crippen LogP contribution >= 0.6 is 11.8 Å². The zero-order valence-corrected chi connectivity index (χ0v) is 10.9. The standard InChI is InChI=1S/C13H19F2NS/c1-17-8-3-2-7-16-10-11-5-4-6-12(9-11)13(14)15/h4-6,9,13,16H,2-3,7-8,10H2,1H3. The zero-order valence-electron chi connectivity index (χ0n) is 10.1. The number of thioether (sulfide) groups is 1. The lowest BCUT2D eigenvalue weighted by Gasteiger charge is -2.06. The maximum atomic E-state index is 12.5. The van der Waals surface area contributed by atoms with Crippen LogP contribution in [-0.4, -0.2) is 18.6 Å². The first-order chi connectivity index (χ1) is 8.24. The van der Waals surface area contributed by atoms with Crippen LogP contribution < -0.4 is 5.32 Å². The first kappa shape index (κ1) is 14.5. The molecular formula is C13H19F2NS. The van der Waals surface area contributed by atoms with Gasteiger partial charge in [-0.15, -0.1) is 0 Å². The summed E-state index contributed by atoms with van der Waals surface area (Å²) >= 11 is 1.85. The number of hydrogen-bond donors (Lipinski definition) is 1. The Morgan fingerprint density at radius 2 is 2.12 bits per heavy atom. The molecule has 1 nitrogen and oxygen atoms in total. The summed E-state index contributed by atoms with van der Waals surface area (Å²) in [6.07, 6.45) is 2.06. The summed E-state index contributed by atoms with van der Waals surface area (Å²) in [5, 5.41) is 3.27. The Morgan fingerprint density at radius 1 is 1.29 bits per heavy atom. The molecule has 0 saturated heterocycles. The first-order valence-electron chi connectivity index (χ1n) is 5.80. The minimum atomic E-state index is -2.38. The number of alkyl halides is 2. The van der Waals surface area contributed by atoms with Crippen molar-refractivity contribution in [1.82, 2.24) is 5.32 Å². The minimum absolute atomic E-state index is 0.103. The fraction of sp³-hybridized carbons (Fsp3) is 0.538. The Balaban J connectivity index is 2.24. The van der Waals surface area contributed by atoms with Gasteiger partial charge in [-0.1, -0.05) is 18.2 Å². The van der Waals surface area contributed by atoms with E-state index in [0.717, 1.165) is 18.5 Å². The number of benzene rings is 1. The number of unbranched alkanes of at least 4 members (excludes halogenated alkanes) is 1. The maximum Gasteiger partial charge on any atom is 0.263 e. The lowest BCUT2D eigenvalue weighted by atomic mass is 10.1. The van der Waals surface area contributed by atoms with Crippen molar-refractivity contribution in [3.63, 3.8) is 0 Å². The fourth-order valence-corrected chi connectivity index (χ4v) is 2.06. The summed E-state index contributed by atoms with van der Waals surface area (Å²) in [6.45, 7) is 1.61. The van der Waals surface area contributed by atoms with E-state index in [1.807, 2.05) is 17.8 Å². The molecule has 0 amide bonds. The van der Waals surface area contributed by atoms with Crippen molar-refractivity contribution in [1.29, 1.82) is 0 Å². The molecule has 1 N–H and O–H groups in total. The van der Waals surface area contributed by atoms with E-state index >= 15 is 0 Å². The van der Waals surface area contributed by atoms with Crippen LogP contribution in [0.5, 0.6) is 0 Å². The minimum Gasteiger partial charge on any atom is -0.313 e. The van der Waals surface area contributed by atoms with E-state index in [1.165, 1.54) is 18.2 Å². The molecule has 0 aliphatic heterocycles. The summed E-state index contributed by atoms with van der Waals surface area (Å²) in [4.78, 5) is 0. The fourth-order valence-electron chi connectivity index (χ4n) is 1.57. The lowest BCUT2D eigenvalue weighted by molar-refractivity contribution is 0.151. The number of rotatable bonds is 8. The highest BCUT2D eigenvalue weighted by Crippen LogP contribution is 2.19. The van der Waals surface area contributed by atoms with Crippen LogP contribution in [0, 0.1) is 0 Å². The number of nitrogens with one attached hydrogen (secondary N) is 1. The molecule has 0 aliphatic carbocycles. The number of halogens is 2. The van der Waals surface area contributed by atoms with Gasteiger partial charge in [-0.05, 0) is 43.0 Å². The van der Waals surface area contributed by atoms with Gasteiger partial charge < -0.3 is 5.32 Å². The Bertz CT molecular complexity index is 318. The van der Waals surface area contributed by atoms with Gasteiger partial charge in [0.25, 0.3) is 6.43 Å². The second kappa shape index (κ2) is 8.48. The molecule has 0 aromatic heterocycles. The molecule has 0 heterocycles. The first-order valence-corrected chi connectivity index (χ1v) is 7.20. The van der Waals surface area contributed by atoms with Gasteiger partial charge in [0.2, 0.25) is 0 Å².